The Bertz CT molecular complexity index is 1040. The molecule has 0 aliphatic carbocycles. The number of carbonyl (C=O) groups is 2. The number of hydrogen-bond acceptors (Lipinski definition) is 7. The smallest absolute Gasteiger partial charge is 0.462 e. The monoisotopic (exact) mass is 738 g/mol. The average molecular weight is 739 g/mol. The normalized spacial score (nSPS) is 13.9. The molecule has 0 aromatic heterocycles. The fourth-order valence-electron chi connectivity index (χ4n) is 5.15. The van der Waals surface area contributed by atoms with Gasteiger partial charge in [0.25, 0.3) is 0 Å². The Morgan fingerprint density at radius 1 is 0.667 bits per heavy atom. The zero-order chi connectivity index (χ0) is 37.8. The van der Waals surface area contributed by atoms with Gasteiger partial charge in [0.05, 0.1) is 12.7 Å². The molecule has 0 aliphatic rings. The van der Waals surface area contributed by atoms with Gasteiger partial charge in [-0.2, -0.15) is 0 Å². The molecule has 0 aromatic rings. The summed E-state index contributed by atoms with van der Waals surface area (Å²) in [5.74, 6) is -0.187. The minimum Gasteiger partial charge on any atom is -0.462 e. The van der Waals surface area contributed by atoms with Crippen LogP contribution < -0.4 is 0 Å². The van der Waals surface area contributed by atoms with Crippen molar-refractivity contribution in [3.05, 3.63) is 60.8 Å². The highest BCUT2D eigenvalue weighted by molar-refractivity contribution is 7.46. The number of hydrogen-bond donors (Lipinski definition) is 3. The standard InChI is InChI=1S/C41H71O9P/c1-4-5-6-7-21-26-31-38(42)32-27-22-17-14-15-18-23-28-33-40(43)48-35-39(36-49-51(45,46)47)50-41(44)34-29-24-19-13-11-9-8-10-12-16-20-25-30-37(2)3/h5-6,15,17-18,21-22,26-27,32,37-39,42H,4,7-14,16,19-20,23-25,28-31,33-36H2,1-3H3,(H2,45,46,47)/b6-5-,18-15-,22-17-,26-21-,32-27+/t38?,39-/m1/s1. The van der Waals surface area contributed by atoms with Gasteiger partial charge in [-0.15, -0.1) is 0 Å². The van der Waals surface area contributed by atoms with Crippen molar-refractivity contribution >= 4 is 19.8 Å². The number of phosphoric acid groups is 1. The Morgan fingerprint density at radius 3 is 1.86 bits per heavy atom. The van der Waals surface area contributed by atoms with Crippen molar-refractivity contribution in [2.24, 2.45) is 5.92 Å². The highest BCUT2D eigenvalue weighted by Gasteiger charge is 2.22. The van der Waals surface area contributed by atoms with E-state index >= 15 is 0 Å². The molecule has 0 aliphatic heterocycles. The predicted molar refractivity (Wildman–Crippen MR) is 208 cm³/mol. The van der Waals surface area contributed by atoms with Crippen LogP contribution in [-0.2, 0) is 28.2 Å². The summed E-state index contributed by atoms with van der Waals surface area (Å²) in [6, 6.07) is 0. The largest absolute Gasteiger partial charge is 0.469 e. The molecule has 0 aromatic carbocycles. The van der Waals surface area contributed by atoms with Crippen LogP contribution in [0.5, 0.6) is 0 Å². The molecule has 0 radical (unpaired) electrons. The minimum absolute atomic E-state index is 0.155. The number of aliphatic hydroxyl groups is 1. The van der Waals surface area contributed by atoms with E-state index < -0.39 is 38.6 Å². The first-order chi connectivity index (χ1) is 24.5. The molecule has 0 fully saturated rings. The number of allylic oxidation sites excluding steroid dienone is 8. The van der Waals surface area contributed by atoms with Gasteiger partial charge in [0, 0.05) is 12.8 Å². The molecule has 10 heteroatoms. The second-order valence-electron chi connectivity index (χ2n) is 13.6. The maximum Gasteiger partial charge on any atom is 0.469 e. The van der Waals surface area contributed by atoms with E-state index in [2.05, 4.69) is 37.4 Å². The predicted octanol–water partition coefficient (Wildman–Crippen LogP) is 10.6. The van der Waals surface area contributed by atoms with E-state index in [9.17, 15) is 19.3 Å². The van der Waals surface area contributed by atoms with Crippen LogP contribution in [0.3, 0.4) is 0 Å². The molecule has 0 spiro atoms. The molecule has 0 saturated carbocycles. The van der Waals surface area contributed by atoms with Crippen LogP contribution in [-0.4, -0.2) is 52.3 Å². The fourth-order valence-corrected chi connectivity index (χ4v) is 5.51. The lowest BCUT2D eigenvalue weighted by atomic mass is 10.0. The molecule has 1 unspecified atom stereocenters. The van der Waals surface area contributed by atoms with Crippen molar-refractivity contribution in [1.29, 1.82) is 0 Å². The Labute approximate surface area is 309 Å². The topological polar surface area (TPSA) is 140 Å². The Balaban J connectivity index is 4.12. The average Bonchev–Trinajstić information content (AvgIpc) is 3.07. The van der Waals surface area contributed by atoms with Crippen LogP contribution in [0.25, 0.3) is 0 Å². The summed E-state index contributed by atoms with van der Waals surface area (Å²) in [6.45, 7) is 5.76. The van der Waals surface area contributed by atoms with Crippen LogP contribution >= 0.6 is 7.82 Å². The van der Waals surface area contributed by atoms with E-state index in [1.165, 1.54) is 57.8 Å². The van der Waals surface area contributed by atoms with Crippen molar-refractivity contribution in [3.63, 3.8) is 0 Å². The first kappa shape index (κ1) is 48.7. The van der Waals surface area contributed by atoms with E-state index in [4.69, 9.17) is 19.3 Å². The first-order valence-electron chi connectivity index (χ1n) is 19.5. The fraction of sp³-hybridized carbons (Fsp3) is 0.707. The molecular formula is C41H71O9P. The van der Waals surface area contributed by atoms with Gasteiger partial charge in [-0.05, 0) is 50.9 Å². The van der Waals surface area contributed by atoms with Crippen LogP contribution in [0, 0.1) is 5.92 Å². The minimum atomic E-state index is -4.78. The van der Waals surface area contributed by atoms with E-state index in [0.29, 0.717) is 25.7 Å². The maximum atomic E-state index is 12.4. The zero-order valence-electron chi connectivity index (χ0n) is 32.0. The van der Waals surface area contributed by atoms with Crippen molar-refractivity contribution in [2.75, 3.05) is 13.2 Å². The molecule has 0 amide bonds. The van der Waals surface area contributed by atoms with E-state index in [0.717, 1.165) is 44.4 Å². The summed E-state index contributed by atoms with van der Waals surface area (Å²) in [6.07, 6.45) is 38.4. The quantitative estimate of drug-likeness (QED) is 0.0193. The molecule has 9 nitrogen and oxygen atoms in total. The van der Waals surface area contributed by atoms with Crippen LogP contribution in [0.15, 0.2) is 60.8 Å². The summed E-state index contributed by atoms with van der Waals surface area (Å²) in [7, 11) is -4.78. The maximum absolute atomic E-state index is 12.4. The lowest BCUT2D eigenvalue weighted by Crippen LogP contribution is -2.29. The number of phosphoric ester groups is 1. The highest BCUT2D eigenvalue weighted by Crippen LogP contribution is 2.36. The number of esters is 2. The van der Waals surface area contributed by atoms with Gasteiger partial charge in [0.15, 0.2) is 6.10 Å². The number of aliphatic hydroxyl groups excluding tert-OH is 1. The van der Waals surface area contributed by atoms with Gasteiger partial charge >= 0.3 is 19.8 Å². The molecule has 51 heavy (non-hydrogen) atoms. The first-order valence-corrected chi connectivity index (χ1v) is 21.1. The van der Waals surface area contributed by atoms with Crippen LogP contribution in [0.4, 0.5) is 0 Å². The number of ether oxygens (including phenoxy) is 2. The van der Waals surface area contributed by atoms with E-state index in [1.807, 2.05) is 42.5 Å². The Morgan fingerprint density at radius 2 is 1.24 bits per heavy atom. The molecule has 0 saturated heterocycles. The van der Waals surface area contributed by atoms with Gasteiger partial charge in [0.1, 0.15) is 6.61 Å². The third-order valence-corrected chi connectivity index (χ3v) is 8.54. The van der Waals surface area contributed by atoms with E-state index in [-0.39, 0.29) is 19.4 Å². The second-order valence-corrected chi connectivity index (χ2v) is 14.8. The summed E-state index contributed by atoms with van der Waals surface area (Å²) in [5.41, 5.74) is 0. The van der Waals surface area contributed by atoms with Crippen LogP contribution in [0.2, 0.25) is 0 Å². The third kappa shape index (κ3) is 38.8. The number of rotatable bonds is 34. The molecule has 0 bridgehead atoms. The molecule has 0 heterocycles. The van der Waals surface area contributed by atoms with E-state index in [1.54, 1.807) is 6.08 Å². The van der Waals surface area contributed by atoms with Crippen molar-refractivity contribution < 1.29 is 43.0 Å². The molecule has 294 valence electrons. The summed E-state index contributed by atoms with van der Waals surface area (Å²) in [5, 5.41) is 9.97. The Kier molecular flexibility index (Phi) is 33.2. The molecule has 2 atom stereocenters. The summed E-state index contributed by atoms with van der Waals surface area (Å²) >= 11 is 0. The van der Waals surface area contributed by atoms with Gasteiger partial charge in [-0.1, -0.05) is 159 Å². The molecule has 3 N–H and O–H groups in total. The lowest BCUT2D eigenvalue weighted by molar-refractivity contribution is -0.161. The van der Waals surface area contributed by atoms with Gasteiger partial charge in [-0.3, -0.25) is 14.1 Å². The molecular weight excluding hydrogens is 667 g/mol. The van der Waals surface area contributed by atoms with Gasteiger partial charge < -0.3 is 24.4 Å². The lowest BCUT2D eigenvalue weighted by Gasteiger charge is -2.18. The van der Waals surface area contributed by atoms with Crippen molar-refractivity contribution in [2.45, 2.75) is 168 Å². The highest BCUT2D eigenvalue weighted by atomic mass is 31.2. The SMILES string of the molecule is CC/C=C\C/C=C\CC(O)/C=C/C=C\C/C=C\CCCC(=O)OC[C@H](COP(=O)(O)O)OC(=O)CCCCCCCCCCCCCCC(C)C. The number of unbranched alkanes of at least 4 members (excludes halogenated alkanes) is 12. The van der Waals surface area contributed by atoms with Crippen molar-refractivity contribution in [1.82, 2.24) is 0 Å². The Hall–Kier alpha value is -2.29. The summed E-state index contributed by atoms with van der Waals surface area (Å²) in [4.78, 5) is 42.7. The van der Waals surface area contributed by atoms with Crippen LogP contribution in [0.1, 0.15) is 156 Å². The molecule has 0 rings (SSSR count). The third-order valence-electron chi connectivity index (χ3n) is 8.06. The number of carbonyl (C=O) groups excluding carboxylic acids is 2. The van der Waals surface area contributed by atoms with Gasteiger partial charge in [-0.25, -0.2) is 4.57 Å². The second kappa shape index (κ2) is 34.8. The summed E-state index contributed by atoms with van der Waals surface area (Å²) < 4.78 is 26.3. The van der Waals surface area contributed by atoms with Crippen molar-refractivity contribution in [3.8, 4) is 0 Å². The van der Waals surface area contributed by atoms with Gasteiger partial charge in [0.2, 0.25) is 0 Å². The zero-order valence-corrected chi connectivity index (χ0v) is 32.9.